The van der Waals surface area contributed by atoms with Crippen molar-refractivity contribution in [3.8, 4) is 5.75 Å². The van der Waals surface area contributed by atoms with E-state index in [1.807, 2.05) is 0 Å². The summed E-state index contributed by atoms with van der Waals surface area (Å²) in [6.45, 7) is 1.85. The van der Waals surface area contributed by atoms with Gasteiger partial charge < -0.3 is 14.5 Å². The van der Waals surface area contributed by atoms with E-state index in [1.165, 1.54) is 12.1 Å². The molecule has 0 atom stereocenters. The molecule has 0 spiro atoms. The number of benzene rings is 2. The molecule has 1 aliphatic heterocycles. The van der Waals surface area contributed by atoms with Crippen LogP contribution in [-0.4, -0.2) is 54.9 Å². The maximum Gasteiger partial charge on any atom is 0.257 e. The quantitative estimate of drug-likeness (QED) is 0.636. The molecule has 2 aromatic carbocycles. The van der Waals surface area contributed by atoms with Crippen LogP contribution in [0.25, 0.3) is 0 Å². The number of ether oxygens (including phenoxy) is 1. The molecule has 0 saturated heterocycles. The Morgan fingerprint density at radius 1 is 1.10 bits per heavy atom. The Morgan fingerprint density at radius 3 is 2.61 bits per heavy atom. The number of fused-ring (bicyclic) bond motifs is 1. The number of rotatable bonds is 2. The number of nitrogens with zero attached hydrogens (tertiary/aromatic N) is 2. The van der Waals surface area contributed by atoms with Crippen LogP contribution in [0, 0.1) is 5.82 Å². The van der Waals surface area contributed by atoms with Gasteiger partial charge in [-0.15, -0.1) is 0 Å². The van der Waals surface area contributed by atoms with Gasteiger partial charge in [-0.1, -0.05) is 29.3 Å². The van der Waals surface area contributed by atoms with Crippen molar-refractivity contribution in [2.24, 2.45) is 0 Å². The van der Waals surface area contributed by atoms with Gasteiger partial charge in [-0.05, 0) is 49.6 Å². The Labute approximate surface area is 191 Å². The summed E-state index contributed by atoms with van der Waals surface area (Å²) in [6.07, 6.45) is 1.93. The van der Waals surface area contributed by atoms with Gasteiger partial charge in [0.15, 0.2) is 0 Å². The van der Waals surface area contributed by atoms with E-state index in [4.69, 9.17) is 27.9 Å². The summed E-state index contributed by atoms with van der Waals surface area (Å²) >= 11 is 12.2. The van der Waals surface area contributed by atoms with Crippen molar-refractivity contribution >= 4 is 35.0 Å². The predicted octanol–water partition coefficient (Wildman–Crippen LogP) is 4.84. The first-order valence-electron chi connectivity index (χ1n) is 10.3. The van der Waals surface area contributed by atoms with Crippen LogP contribution in [0.2, 0.25) is 10.0 Å². The van der Waals surface area contributed by atoms with Crippen LogP contribution in [0.1, 0.15) is 35.2 Å². The van der Waals surface area contributed by atoms with Gasteiger partial charge in [-0.3, -0.25) is 9.59 Å². The zero-order valence-electron chi connectivity index (χ0n) is 17.4. The van der Waals surface area contributed by atoms with E-state index in [1.54, 1.807) is 41.1 Å². The molecular formula is C23H25Cl2FN2O3. The lowest BCUT2D eigenvalue weighted by Gasteiger charge is -2.23. The summed E-state index contributed by atoms with van der Waals surface area (Å²) in [5.74, 6) is -0.348. The Kier molecular flexibility index (Phi) is 8.15. The highest BCUT2D eigenvalue weighted by Crippen LogP contribution is 2.25. The molecule has 1 aliphatic rings. The van der Waals surface area contributed by atoms with Crippen molar-refractivity contribution in [1.82, 2.24) is 9.80 Å². The van der Waals surface area contributed by atoms with Crippen molar-refractivity contribution in [2.75, 3.05) is 33.3 Å². The van der Waals surface area contributed by atoms with E-state index in [-0.39, 0.29) is 28.8 Å². The summed E-state index contributed by atoms with van der Waals surface area (Å²) in [5.41, 5.74) is 0.640. The second-order valence-electron chi connectivity index (χ2n) is 7.53. The molecule has 2 aromatic rings. The van der Waals surface area contributed by atoms with E-state index in [0.29, 0.717) is 49.0 Å². The fourth-order valence-corrected chi connectivity index (χ4v) is 3.92. The van der Waals surface area contributed by atoms with Crippen LogP contribution >= 0.6 is 23.2 Å². The van der Waals surface area contributed by atoms with Crippen LogP contribution in [0.4, 0.5) is 4.39 Å². The Balaban J connectivity index is 1.73. The maximum atomic E-state index is 14.1. The molecule has 0 bridgehead atoms. The molecule has 3 rings (SSSR count). The molecule has 2 amide bonds. The van der Waals surface area contributed by atoms with Crippen molar-refractivity contribution in [3.63, 3.8) is 0 Å². The van der Waals surface area contributed by atoms with Gasteiger partial charge in [-0.25, -0.2) is 4.39 Å². The first kappa shape index (κ1) is 23.4. The topological polar surface area (TPSA) is 49.9 Å². The van der Waals surface area contributed by atoms with Gasteiger partial charge >= 0.3 is 0 Å². The molecule has 0 unspecified atom stereocenters. The summed E-state index contributed by atoms with van der Waals surface area (Å²) in [5, 5.41) is 0.718. The summed E-state index contributed by atoms with van der Waals surface area (Å²) < 4.78 is 19.9. The Hall–Kier alpha value is -2.31. The fraction of sp³-hybridized carbons (Fsp3) is 0.391. The van der Waals surface area contributed by atoms with E-state index in [0.717, 1.165) is 12.8 Å². The molecule has 0 saturated carbocycles. The number of halogens is 3. The highest BCUT2D eigenvalue weighted by Gasteiger charge is 2.21. The van der Waals surface area contributed by atoms with Gasteiger partial charge in [-0.2, -0.15) is 0 Å². The highest BCUT2D eigenvalue weighted by atomic mass is 35.5. The zero-order valence-corrected chi connectivity index (χ0v) is 18.9. The maximum absolute atomic E-state index is 14.1. The van der Waals surface area contributed by atoms with Gasteiger partial charge in [0.2, 0.25) is 5.91 Å². The van der Waals surface area contributed by atoms with E-state index >= 15 is 0 Å². The average molecular weight is 467 g/mol. The minimum absolute atomic E-state index is 0.0912. The standard InChI is InChI=1S/C23H25Cl2FN2O3/c1-27-10-2-3-11-28(22(29)15-17-19(25)6-4-7-20(17)26)12-5-13-31-21-9-8-16(24)14-18(21)23(27)30/h4,6-9,14H,2-3,5,10-13,15H2,1H3. The first-order valence-corrected chi connectivity index (χ1v) is 11.0. The largest absolute Gasteiger partial charge is 0.493 e. The summed E-state index contributed by atoms with van der Waals surface area (Å²) in [4.78, 5) is 29.0. The third kappa shape index (κ3) is 6.11. The molecule has 8 heteroatoms. The molecule has 0 aromatic heterocycles. The fourth-order valence-electron chi connectivity index (χ4n) is 3.52. The molecule has 1 heterocycles. The summed E-state index contributed by atoms with van der Waals surface area (Å²) in [7, 11) is 1.73. The lowest BCUT2D eigenvalue weighted by molar-refractivity contribution is -0.130. The molecule has 31 heavy (non-hydrogen) atoms. The predicted molar refractivity (Wildman–Crippen MR) is 119 cm³/mol. The van der Waals surface area contributed by atoms with Gasteiger partial charge in [0.05, 0.1) is 18.6 Å². The smallest absolute Gasteiger partial charge is 0.257 e. The van der Waals surface area contributed by atoms with E-state index in [2.05, 4.69) is 0 Å². The lowest BCUT2D eigenvalue weighted by Crippen LogP contribution is -2.35. The van der Waals surface area contributed by atoms with Crippen LogP contribution in [0.3, 0.4) is 0 Å². The van der Waals surface area contributed by atoms with Crippen LogP contribution in [0.5, 0.6) is 5.75 Å². The van der Waals surface area contributed by atoms with Crippen molar-refractivity contribution < 1.29 is 18.7 Å². The Bertz CT molecular complexity index is 934. The molecule has 0 radical (unpaired) electrons. The van der Waals surface area contributed by atoms with Gasteiger partial charge in [0.1, 0.15) is 11.6 Å². The SMILES string of the molecule is CN1CCCCN(C(=O)Cc2c(F)cccc2Cl)CCCOc2ccc(Cl)cc2C1=O. The third-order valence-corrected chi connectivity index (χ3v) is 5.85. The summed E-state index contributed by atoms with van der Waals surface area (Å²) in [6, 6.07) is 9.39. The lowest BCUT2D eigenvalue weighted by atomic mass is 10.1. The van der Waals surface area contributed by atoms with Crippen LogP contribution in [0.15, 0.2) is 36.4 Å². The molecule has 0 aliphatic carbocycles. The minimum atomic E-state index is -0.481. The van der Waals surface area contributed by atoms with Crippen LogP contribution < -0.4 is 4.74 Å². The molecule has 0 N–H and O–H groups in total. The van der Waals surface area contributed by atoms with Gasteiger partial charge in [0.25, 0.3) is 5.91 Å². The molecule has 0 fully saturated rings. The molecule has 5 nitrogen and oxygen atoms in total. The highest BCUT2D eigenvalue weighted by molar-refractivity contribution is 6.31. The molecule has 166 valence electrons. The van der Waals surface area contributed by atoms with Crippen molar-refractivity contribution in [1.29, 1.82) is 0 Å². The number of carbonyl (C=O) groups is 2. The van der Waals surface area contributed by atoms with E-state index in [9.17, 15) is 14.0 Å². The Morgan fingerprint density at radius 2 is 1.84 bits per heavy atom. The number of amides is 2. The third-order valence-electron chi connectivity index (χ3n) is 5.26. The second-order valence-corrected chi connectivity index (χ2v) is 8.38. The average Bonchev–Trinajstić information content (AvgIpc) is 2.75. The zero-order chi connectivity index (χ0) is 22.4. The molecular weight excluding hydrogens is 442 g/mol. The first-order chi connectivity index (χ1) is 14.9. The van der Waals surface area contributed by atoms with Crippen LogP contribution in [-0.2, 0) is 11.2 Å². The van der Waals surface area contributed by atoms with Crippen molar-refractivity contribution in [2.45, 2.75) is 25.7 Å². The second kappa shape index (κ2) is 10.8. The normalized spacial score (nSPS) is 15.9. The van der Waals surface area contributed by atoms with Gasteiger partial charge in [0, 0.05) is 42.3 Å². The van der Waals surface area contributed by atoms with Crippen molar-refractivity contribution in [3.05, 3.63) is 63.4 Å². The number of carbonyl (C=O) groups excluding carboxylic acids is 2. The minimum Gasteiger partial charge on any atom is -0.493 e. The number of hydrogen-bond donors (Lipinski definition) is 0. The monoisotopic (exact) mass is 466 g/mol. The van der Waals surface area contributed by atoms with E-state index < -0.39 is 5.82 Å². The number of hydrogen-bond acceptors (Lipinski definition) is 3.